The highest BCUT2D eigenvalue weighted by atomic mass is 79.9. The average molecular weight is 798 g/mol. The molecule has 2 amide bonds. The summed E-state index contributed by atoms with van der Waals surface area (Å²) in [6.07, 6.45) is 13.7. The predicted octanol–water partition coefficient (Wildman–Crippen LogP) is 5.90. The molecule has 4 N–H and O–H groups in total. The van der Waals surface area contributed by atoms with E-state index >= 15 is 0 Å². The van der Waals surface area contributed by atoms with E-state index in [1.165, 1.54) is 44.9 Å². The number of halogens is 1. The van der Waals surface area contributed by atoms with Crippen LogP contribution in [0.5, 0.6) is 0 Å². The molecule has 286 valence electrons. The number of hydrogen-bond donors (Lipinski definition) is 2. The van der Waals surface area contributed by atoms with Crippen molar-refractivity contribution < 1.29 is 19.1 Å². The molecule has 2 aromatic rings. The van der Waals surface area contributed by atoms with Crippen LogP contribution in [-0.4, -0.2) is 74.1 Å². The minimum Gasteiger partial charge on any atom is -0.381 e. The van der Waals surface area contributed by atoms with Crippen molar-refractivity contribution in [2.24, 2.45) is 38.2 Å². The fourth-order valence-corrected chi connectivity index (χ4v) is 11.1. The molecule has 11 heteroatoms. The Bertz CT molecular complexity index is 1980. The zero-order valence-electron chi connectivity index (χ0n) is 32.1. The van der Waals surface area contributed by atoms with Crippen molar-refractivity contribution >= 4 is 39.7 Å². The molecule has 54 heavy (non-hydrogen) atoms. The quantitative estimate of drug-likeness (QED) is 0.364. The number of aliphatic imine (C=N–C) groups is 2. The number of methoxy groups -OCH3 is 2. The minimum atomic E-state index is -0.577. The SMILES string of the molecule is COC1CCC2(CC1)Cc1ccc(Br)cc1C21CC(=O)N(C)C(N)=N1.COC1CCC2(CC1)Cc1ccc(C#CC3CC3)cc1C21CC(=O)N(C)C(N)=N1. The molecule has 2 atom stereocenters. The second-order valence-electron chi connectivity index (χ2n) is 16.9. The van der Waals surface area contributed by atoms with Gasteiger partial charge in [0.1, 0.15) is 11.1 Å². The van der Waals surface area contributed by atoms with Gasteiger partial charge in [-0.3, -0.25) is 19.4 Å². The summed E-state index contributed by atoms with van der Waals surface area (Å²) >= 11 is 3.60. The highest BCUT2D eigenvalue weighted by Crippen LogP contribution is 2.64. The fraction of sp³-hybridized carbons (Fsp3) is 0.581. The zero-order valence-corrected chi connectivity index (χ0v) is 33.6. The van der Waals surface area contributed by atoms with Crippen molar-refractivity contribution in [3.8, 4) is 11.8 Å². The summed E-state index contributed by atoms with van der Waals surface area (Å²) in [5.74, 6) is 8.04. The molecule has 10 nitrogen and oxygen atoms in total. The van der Waals surface area contributed by atoms with E-state index in [9.17, 15) is 9.59 Å². The third kappa shape index (κ3) is 5.99. The van der Waals surface area contributed by atoms with Gasteiger partial charge in [-0.15, -0.1) is 0 Å². The van der Waals surface area contributed by atoms with Crippen LogP contribution in [0, 0.1) is 28.6 Å². The summed E-state index contributed by atoms with van der Waals surface area (Å²) in [5.41, 5.74) is 17.2. The third-order valence-corrected chi connectivity index (χ3v) is 14.7. The van der Waals surface area contributed by atoms with Crippen molar-refractivity contribution in [2.45, 2.75) is 113 Å². The van der Waals surface area contributed by atoms with Crippen LogP contribution in [0.1, 0.15) is 105 Å². The van der Waals surface area contributed by atoms with Crippen LogP contribution < -0.4 is 11.5 Å². The summed E-state index contributed by atoms with van der Waals surface area (Å²) in [5, 5.41) is 0. The maximum absolute atomic E-state index is 12.9. The standard InChI is InChI=1S/C24H29N3O2.C19H24BrN3O2/c1-27-21(28)15-24(26-22(27)25)20-13-17(6-5-16-3-4-16)7-8-18(20)14-23(24)11-9-19(29-2)10-12-23;1-23-16(24)11-19(22-17(23)21)15-9-13(20)4-3-12(15)10-18(19)7-5-14(25-2)6-8-18/h7-8,13,16,19H,3-4,9-12,14-15H2,1-2H3,(H2,25,26);3-4,9,14H,5-8,10-11H2,1-2H3,(H2,21,22). The summed E-state index contributed by atoms with van der Waals surface area (Å²) in [4.78, 5) is 38.7. The van der Waals surface area contributed by atoms with E-state index in [1.807, 2.05) is 0 Å². The molecular formula is C43H53BrN6O4. The van der Waals surface area contributed by atoms with Crippen molar-refractivity contribution in [3.05, 3.63) is 68.7 Å². The first-order valence-electron chi connectivity index (χ1n) is 19.6. The first kappa shape index (κ1) is 37.2. The summed E-state index contributed by atoms with van der Waals surface area (Å²) < 4.78 is 12.2. The van der Waals surface area contributed by atoms with Crippen molar-refractivity contribution in [1.29, 1.82) is 0 Å². The van der Waals surface area contributed by atoms with E-state index in [0.29, 0.717) is 42.9 Å². The Morgan fingerprint density at radius 2 is 1.17 bits per heavy atom. The van der Waals surface area contributed by atoms with Crippen molar-refractivity contribution in [1.82, 2.24) is 9.80 Å². The van der Waals surface area contributed by atoms with Crippen LogP contribution in [0.2, 0.25) is 0 Å². The highest BCUT2D eigenvalue weighted by Gasteiger charge is 2.62. The molecule has 3 fully saturated rings. The third-order valence-electron chi connectivity index (χ3n) is 14.2. The van der Waals surface area contributed by atoms with E-state index in [1.54, 1.807) is 28.3 Å². The minimum absolute atomic E-state index is 0.0489. The molecule has 2 aliphatic heterocycles. The number of carbonyl (C=O) groups is 2. The average Bonchev–Trinajstić information content (AvgIpc) is 3.94. The Morgan fingerprint density at radius 3 is 1.61 bits per heavy atom. The van der Waals surface area contributed by atoms with Gasteiger partial charge in [-0.1, -0.05) is 39.9 Å². The van der Waals surface area contributed by atoms with E-state index in [2.05, 4.69) is 64.2 Å². The monoisotopic (exact) mass is 796 g/mol. The van der Waals surface area contributed by atoms with Crippen molar-refractivity contribution in [3.63, 3.8) is 0 Å². The van der Waals surface area contributed by atoms with Gasteiger partial charge in [0.2, 0.25) is 11.8 Å². The highest BCUT2D eigenvalue weighted by molar-refractivity contribution is 9.10. The molecule has 0 aromatic heterocycles. The first-order chi connectivity index (χ1) is 25.9. The fourth-order valence-electron chi connectivity index (χ4n) is 10.7. The number of nitrogens with two attached hydrogens (primary N) is 2. The van der Waals surface area contributed by atoms with Gasteiger partial charge in [-0.2, -0.15) is 0 Å². The molecular weight excluding hydrogens is 744 g/mol. The van der Waals surface area contributed by atoms with Crippen LogP contribution in [-0.2, 0) is 43.0 Å². The largest absolute Gasteiger partial charge is 0.381 e. The van der Waals surface area contributed by atoms with Gasteiger partial charge in [0, 0.05) is 55.1 Å². The Hall–Kier alpha value is -3.72. The second-order valence-corrected chi connectivity index (χ2v) is 17.8. The number of fused-ring (bicyclic) bond motifs is 6. The number of ether oxygens (including phenoxy) is 2. The van der Waals surface area contributed by atoms with Gasteiger partial charge < -0.3 is 20.9 Å². The molecule has 3 saturated carbocycles. The van der Waals surface area contributed by atoms with Gasteiger partial charge >= 0.3 is 0 Å². The van der Waals surface area contributed by atoms with Crippen LogP contribution in [0.4, 0.5) is 0 Å². The number of benzene rings is 2. The summed E-state index contributed by atoms with van der Waals surface area (Å²) in [6, 6.07) is 12.9. The predicted molar refractivity (Wildman–Crippen MR) is 212 cm³/mol. The number of hydrogen-bond acceptors (Lipinski definition) is 8. The van der Waals surface area contributed by atoms with Gasteiger partial charge in [0.05, 0.1) is 25.0 Å². The lowest BCUT2D eigenvalue weighted by atomic mass is 9.60. The lowest BCUT2D eigenvalue weighted by molar-refractivity contribution is -0.132. The maximum atomic E-state index is 12.9. The topological polar surface area (TPSA) is 136 Å². The molecule has 0 saturated heterocycles. The zero-order chi connectivity index (χ0) is 38.0. The number of rotatable bonds is 2. The molecule has 7 aliphatic rings. The van der Waals surface area contributed by atoms with E-state index in [4.69, 9.17) is 30.9 Å². The normalized spacial score (nSPS) is 33.9. The van der Waals surface area contributed by atoms with Crippen molar-refractivity contribution in [2.75, 3.05) is 28.3 Å². The smallest absolute Gasteiger partial charge is 0.231 e. The van der Waals surface area contributed by atoms with Crippen LogP contribution in [0.3, 0.4) is 0 Å². The van der Waals surface area contributed by atoms with Gasteiger partial charge in [0.25, 0.3) is 0 Å². The molecule has 5 aliphatic carbocycles. The number of nitrogens with zero attached hydrogens (tertiary/aromatic N) is 4. The van der Waals surface area contributed by atoms with E-state index in [-0.39, 0.29) is 22.6 Å². The lowest BCUT2D eigenvalue weighted by Crippen LogP contribution is -2.54. The maximum Gasteiger partial charge on any atom is 0.231 e. The summed E-state index contributed by atoms with van der Waals surface area (Å²) in [6.45, 7) is 0. The molecule has 0 radical (unpaired) electrons. The molecule has 2 unspecified atom stereocenters. The summed E-state index contributed by atoms with van der Waals surface area (Å²) in [7, 11) is 7.01. The van der Waals surface area contributed by atoms with Crippen LogP contribution >= 0.6 is 15.9 Å². The van der Waals surface area contributed by atoms with Crippen LogP contribution in [0.25, 0.3) is 0 Å². The first-order valence-corrected chi connectivity index (χ1v) is 20.4. The van der Waals surface area contributed by atoms with E-state index in [0.717, 1.165) is 74.2 Å². The van der Waals surface area contributed by atoms with E-state index < -0.39 is 11.1 Å². The Balaban J connectivity index is 0.000000155. The van der Waals surface area contributed by atoms with Gasteiger partial charge in [-0.05, 0) is 124 Å². The Morgan fingerprint density at radius 1 is 0.704 bits per heavy atom. The van der Waals surface area contributed by atoms with Gasteiger partial charge in [-0.25, -0.2) is 9.98 Å². The number of guanidine groups is 2. The lowest BCUT2D eigenvalue weighted by Gasteiger charge is -2.49. The Labute approximate surface area is 327 Å². The van der Waals surface area contributed by atoms with Gasteiger partial charge in [0.15, 0.2) is 11.9 Å². The number of amides is 2. The Kier molecular flexibility index (Phi) is 9.50. The molecule has 9 rings (SSSR count). The second kappa shape index (κ2) is 13.8. The molecule has 0 bridgehead atoms. The number of carbonyl (C=O) groups excluding carboxylic acids is 2. The molecule has 2 heterocycles. The van der Waals surface area contributed by atoms with Crippen LogP contribution in [0.15, 0.2) is 50.9 Å². The molecule has 4 spiro atoms. The molecule has 2 aromatic carbocycles.